The van der Waals surface area contributed by atoms with Gasteiger partial charge in [-0.15, -0.1) is 0 Å². The topological polar surface area (TPSA) is 75.7 Å². The molecule has 0 fully saturated rings. The van der Waals surface area contributed by atoms with Crippen molar-refractivity contribution < 1.29 is 17.9 Å². The van der Waals surface area contributed by atoms with Gasteiger partial charge in [-0.25, -0.2) is 8.42 Å². The van der Waals surface area contributed by atoms with Crippen LogP contribution in [-0.4, -0.2) is 27.5 Å². The summed E-state index contributed by atoms with van der Waals surface area (Å²) >= 11 is 6.15. The Labute approximate surface area is 193 Å². The molecule has 168 valence electrons. The van der Waals surface area contributed by atoms with E-state index in [1.165, 1.54) is 12.1 Å². The molecule has 0 aliphatic carbocycles. The Bertz CT molecular complexity index is 1190. The number of nitrogens with one attached hydrogen (secondary N) is 1. The van der Waals surface area contributed by atoms with Gasteiger partial charge in [0.1, 0.15) is 12.3 Å². The Morgan fingerprint density at radius 2 is 1.66 bits per heavy atom. The first-order valence-corrected chi connectivity index (χ1v) is 11.9. The molecule has 0 radical (unpaired) electrons. The Kier molecular flexibility index (Phi) is 7.43. The zero-order chi connectivity index (χ0) is 23.3. The number of amides is 1. The van der Waals surface area contributed by atoms with E-state index in [0.29, 0.717) is 34.3 Å². The highest BCUT2D eigenvalue weighted by Crippen LogP contribution is 2.29. The van der Waals surface area contributed by atoms with Crippen LogP contribution in [0.1, 0.15) is 18.1 Å². The lowest BCUT2D eigenvalue weighted by Gasteiger charge is -2.26. The van der Waals surface area contributed by atoms with Crippen LogP contribution in [0, 0.1) is 13.8 Å². The molecule has 1 N–H and O–H groups in total. The largest absolute Gasteiger partial charge is 0.494 e. The highest BCUT2D eigenvalue weighted by atomic mass is 35.5. The van der Waals surface area contributed by atoms with E-state index in [2.05, 4.69) is 5.32 Å². The third-order valence-electron chi connectivity index (χ3n) is 4.79. The third-order valence-corrected chi connectivity index (χ3v) is 6.79. The molecule has 0 saturated heterocycles. The van der Waals surface area contributed by atoms with E-state index in [0.717, 1.165) is 9.87 Å². The van der Waals surface area contributed by atoms with Crippen LogP contribution in [0.25, 0.3) is 0 Å². The molecule has 3 aromatic rings. The molecule has 0 aromatic heterocycles. The van der Waals surface area contributed by atoms with E-state index in [9.17, 15) is 13.2 Å². The molecule has 8 heteroatoms. The van der Waals surface area contributed by atoms with E-state index in [1.54, 1.807) is 61.5 Å². The number of sulfonamides is 1. The molecular weight excluding hydrogens is 448 g/mol. The Balaban J connectivity index is 1.93. The van der Waals surface area contributed by atoms with Gasteiger partial charge in [0.15, 0.2) is 0 Å². The second-order valence-corrected chi connectivity index (χ2v) is 9.56. The van der Waals surface area contributed by atoms with Crippen LogP contribution in [0.15, 0.2) is 71.6 Å². The number of hydrogen-bond donors (Lipinski definition) is 1. The van der Waals surface area contributed by atoms with Crippen LogP contribution in [0.2, 0.25) is 5.02 Å². The zero-order valence-corrected chi connectivity index (χ0v) is 19.7. The number of rotatable bonds is 8. The maximum atomic E-state index is 13.5. The maximum absolute atomic E-state index is 13.5. The number of anilines is 2. The van der Waals surface area contributed by atoms with Crippen molar-refractivity contribution in [1.29, 1.82) is 0 Å². The first-order chi connectivity index (χ1) is 15.2. The van der Waals surface area contributed by atoms with Crippen molar-refractivity contribution >= 4 is 38.9 Å². The summed E-state index contributed by atoms with van der Waals surface area (Å²) in [6.07, 6.45) is 0. The Hall–Kier alpha value is -3.03. The van der Waals surface area contributed by atoms with Gasteiger partial charge in [0.05, 0.1) is 17.2 Å². The highest BCUT2D eigenvalue weighted by molar-refractivity contribution is 7.92. The van der Waals surface area contributed by atoms with Crippen molar-refractivity contribution in [1.82, 2.24) is 0 Å². The summed E-state index contributed by atoms with van der Waals surface area (Å²) in [5, 5.41) is 3.12. The number of ether oxygens (including phenoxy) is 1. The SMILES string of the molecule is CCOc1ccc(NC(=O)CN(c2cc(Cl)ccc2C)S(=O)(=O)c2ccc(C)cc2)cc1. The average molecular weight is 473 g/mol. The fourth-order valence-electron chi connectivity index (χ4n) is 3.12. The molecule has 0 aliphatic heterocycles. The van der Waals surface area contributed by atoms with Gasteiger partial charge in [-0.1, -0.05) is 35.4 Å². The van der Waals surface area contributed by atoms with Crippen LogP contribution < -0.4 is 14.4 Å². The fraction of sp³-hybridized carbons (Fsp3) is 0.208. The minimum atomic E-state index is -4.02. The molecule has 3 aromatic carbocycles. The highest BCUT2D eigenvalue weighted by Gasteiger charge is 2.28. The number of nitrogens with zero attached hydrogens (tertiary/aromatic N) is 1. The van der Waals surface area contributed by atoms with Gasteiger partial charge < -0.3 is 10.1 Å². The molecule has 0 aliphatic rings. The van der Waals surface area contributed by atoms with E-state index in [4.69, 9.17) is 16.3 Å². The first-order valence-electron chi connectivity index (χ1n) is 10.1. The molecule has 32 heavy (non-hydrogen) atoms. The number of carbonyl (C=O) groups is 1. The maximum Gasteiger partial charge on any atom is 0.264 e. The molecule has 0 bridgehead atoms. The van der Waals surface area contributed by atoms with Crippen LogP contribution >= 0.6 is 11.6 Å². The van der Waals surface area contributed by atoms with Gasteiger partial charge in [0.2, 0.25) is 5.91 Å². The summed E-state index contributed by atoms with van der Waals surface area (Å²) < 4.78 is 33.5. The van der Waals surface area contributed by atoms with E-state index < -0.39 is 22.5 Å². The van der Waals surface area contributed by atoms with Gasteiger partial charge in [-0.3, -0.25) is 9.10 Å². The standard InChI is InChI=1S/C24H25ClN2O4S/c1-4-31-21-11-9-20(10-12-21)26-24(28)16-27(23-15-19(25)8-7-18(23)3)32(29,30)22-13-5-17(2)6-14-22/h5-15H,4,16H2,1-3H3,(H,26,28). The summed E-state index contributed by atoms with van der Waals surface area (Å²) in [4.78, 5) is 12.9. The predicted octanol–water partition coefficient (Wildman–Crippen LogP) is 5.19. The lowest BCUT2D eigenvalue weighted by molar-refractivity contribution is -0.114. The lowest BCUT2D eigenvalue weighted by Crippen LogP contribution is -2.38. The van der Waals surface area contributed by atoms with E-state index in [1.807, 2.05) is 13.8 Å². The summed E-state index contributed by atoms with van der Waals surface area (Å²) in [7, 11) is -4.02. The quantitative estimate of drug-likeness (QED) is 0.489. The number of halogens is 1. The molecule has 6 nitrogen and oxygen atoms in total. The lowest BCUT2D eigenvalue weighted by atomic mass is 10.2. The molecule has 0 saturated carbocycles. The predicted molar refractivity (Wildman–Crippen MR) is 128 cm³/mol. The van der Waals surface area contributed by atoms with Crippen molar-refractivity contribution in [2.45, 2.75) is 25.7 Å². The van der Waals surface area contributed by atoms with Gasteiger partial charge in [-0.2, -0.15) is 0 Å². The van der Waals surface area contributed by atoms with E-state index >= 15 is 0 Å². The fourth-order valence-corrected chi connectivity index (χ4v) is 4.76. The van der Waals surface area contributed by atoms with Crippen LogP contribution in [0.3, 0.4) is 0 Å². The molecule has 1 amide bonds. The Morgan fingerprint density at radius 1 is 1.00 bits per heavy atom. The normalized spacial score (nSPS) is 11.1. The molecule has 0 heterocycles. The smallest absolute Gasteiger partial charge is 0.264 e. The minimum absolute atomic E-state index is 0.0938. The van der Waals surface area contributed by atoms with Crippen LogP contribution in [0.4, 0.5) is 11.4 Å². The zero-order valence-electron chi connectivity index (χ0n) is 18.1. The van der Waals surface area contributed by atoms with Crippen molar-refractivity contribution in [3.05, 3.63) is 82.9 Å². The van der Waals surface area contributed by atoms with Crippen molar-refractivity contribution in [3.8, 4) is 5.75 Å². The summed E-state index contributed by atoms with van der Waals surface area (Å²) in [5.41, 5.74) is 2.50. The van der Waals surface area contributed by atoms with Crippen LogP contribution in [0.5, 0.6) is 5.75 Å². The number of hydrogen-bond acceptors (Lipinski definition) is 4. The summed E-state index contributed by atoms with van der Waals surface area (Å²) in [6.45, 7) is 5.66. The second-order valence-electron chi connectivity index (χ2n) is 7.26. The molecule has 3 rings (SSSR count). The molecule has 0 spiro atoms. The van der Waals surface area contributed by atoms with Crippen molar-refractivity contribution in [3.63, 3.8) is 0 Å². The number of aryl methyl sites for hydroxylation is 2. The third kappa shape index (κ3) is 5.60. The monoisotopic (exact) mass is 472 g/mol. The van der Waals surface area contributed by atoms with Gasteiger partial charge in [0, 0.05) is 10.7 Å². The number of carbonyl (C=O) groups excluding carboxylic acids is 1. The average Bonchev–Trinajstić information content (AvgIpc) is 2.76. The molecule has 0 atom stereocenters. The molecular formula is C24H25ClN2O4S. The van der Waals surface area contributed by atoms with Gasteiger partial charge in [-0.05, 0) is 74.9 Å². The Morgan fingerprint density at radius 3 is 2.28 bits per heavy atom. The molecule has 0 unspecified atom stereocenters. The van der Waals surface area contributed by atoms with Gasteiger partial charge in [0.25, 0.3) is 10.0 Å². The first kappa shape index (κ1) is 23.6. The van der Waals surface area contributed by atoms with Crippen molar-refractivity contribution in [2.24, 2.45) is 0 Å². The van der Waals surface area contributed by atoms with Gasteiger partial charge >= 0.3 is 0 Å². The number of benzene rings is 3. The summed E-state index contributed by atoms with van der Waals surface area (Å²) in [5.74, 6) is 0.202. The minimum Gasteiger partial charge on any atom is -0.494 e. The van der Waals surface area contributed by atoms with Crippen LogP contribution in [-0.2, 0) is 14.8 Å². The summed E-state index contributed by atoms with van der Waals surface area (Å²) in [6, 6.07) is 18.3. The second kappa shape index (κ2) is 10.1. The van der Waals surface area contributed by atoms with E-state index in [-0.39, 0.29) is 4.90 Å². The van der Waals surface area contributed by atoms with Crippen molar-refractivity contribution in [2.75, 3.05) is 22.8 Å².